The first-order chi connectivity index (χ1) is 14.7. The molecule has 2 aromatic rings. The van der Waals surface area contributed by atoms with Gasteiger partial charge in [0.25, 0.3) is 0 Å². The number of hydrogen-bond acceptors (Lipinski definition) is 4. The monoisotopic (exact) mass is 451 g/mol. The fourth-order valence-corrected chi connectivity index (χ4v) is 4.25. The molecule has 0 spiro atoms. The van der Waals surface area contributed by atoms with E-state index in [1.165, 1.54) is 30.0 Å². The second kappa shape index (κ2) is 10.2. The number of anilines is 1. The number of halogens is 3. The van der Waals surface area contributed by atoms with Crippen molar-refractivity contribution < 1.29 is 22.8 Å². The van der Waals surface area contributed by atoms with Crippen molar-refractivity contribution in [3.8, 4) is 0 Å². The zero-order chi connectivity index (χ0) is 22.4. The van der Waals surface area contributed by atoms with E-state index in [1.807, 2.05) is 36.1 Å². The summed E-state index contributed by atoms with van der Waals surface area (Å²) in [4.78, 5) is 29.4. The van der Waals surface area contributed by atoms with Crippen molar-refractivity contribution in [2.75, 3.05) is 43.8 Å². The molecule has 2 amide bonds. The van der Waals surface area contributed by atoms with E-state index in [9.17, 15) is 22.8 Å². The van der Waals surface area contributed by atoms with Gasteiger partial charge >= 0.3 is 6.18 Å². The molecule has 1 N–H and O–H groups in total. The Morgan fingerprint density at radius 1 is 1.03 bits per heavy atom. The maximum Gasteiger partial charge on any atom is 0.418 e. The summed E-state index contributed by atoms with van der Waals surface area (Å²) in [5, 5.41) is 2.36. The van der Waals surface area contributed by atoms with Gasteiger partial charge in [-0.25, -0.2) is 0 Å². The number of para-hydroxylation sites is 1. The highest BCUT2D eigenvalue weighted by molar-refractivity contribution is 8.00. The molecule has 0 saturated carbocycles. The van der Waals surface area contributed by atoms with E-state index in [0.717, 1.165) is 16.5 Å². The van der Waals surface area contributed by atoms with Crippen LogP contribution in [0, 0.1) is 6.92 Å². The Balaban J connectivity index is 1.45. The van der Waals surface area contributed by atoms with Crippen LogP contribution in [0.25, 0.3) is 0 Å². The first-order valence-corrected chi connectivity index (χ1v) is 10.9. The highest BCUT2D eigenvalue weighted by Gasteiger charge is 2.33. The molecular weight excluding hydrogens is 427 g/mol. The smallest absolute Gasteiger partial charge is 0.339 e. The number of piperazine rings is 1. The molecule has 31 heavy (non-hydrogen) atoms. The Kier molecular flexibility index (Phi) is 7.61. The van der Waals surface area contributed by atoms with Crippen LogP contribution >= 0.6 is 11.8 Å². The molecule has 1 aliphatic rings. The van der Waals surface area contributed by atoms with Gasteiger partial charge in [0, 0.05) is 31.1 Å². The predicted octanol–water partition coefficient (Wildman–Crippen LogP) is 3.89. The first kappa shape index (κ1) is 23.1. The van der Waals surface area contributed by atoms with Gasteiger partial charge in [-0.15, -0.1) is 11.8 Å². The predicted molar refractivity (Wildman–Crippen MR) is 115 cm³/mol. The van der Waals surface area contributed by atoms with Crippen molar-refractivity contribution in [3.63, 3.8) is 0 Å². The van der Waals surface area contributed by atoms with Gasteiger partial charge in [-0.3, -0.25) is 14.5 Å². The van der Waals surface area contributed by atoms with Gasteiger partial charge in [-0.05, 0) is 31.2 Å². The van der Waals surface area contributed by atoms with Crippen molar-refractivity contribution >= 4 is 29.3 Å². The summed E-state index contributed by atoms with van der Waals surface area (Å²) in [6.45, 7) is 3.94. The summed E-state index contributed by atoms with van der Waals surface area (Å²) in [6, 6.07) is 12.9. The molecule has 9 heteroatoms. The summed E-state index contributed by atoms with van der Waals surface area (Å²) in [5.74, 6) is -0.126. The first-order valence-electron chi connectivity index (χ1n) is 9.88. The maximum absolute atomic E-state index is 13.1. The van der Waals surface area contributed by atoms with Crippen molar-refractivity contribution in [1.29, 1.82) is 0 Å². The van der Waals surface area contributed by atoms with E-state index in [1.54, 1.807) is 4.90 Å². The van der Waals surface area contributed by atoms with Crippen LogP contribution in [0.3, 0.4) is 0 Å². The lowest BCUT2D eigenvalue weighted by atomic mass is 10.1. The molecule has 0 bridgehead atoms. The van der Waals surface area contributed by atoms with Crippen molar-refractivity contribution in [3.05, 3.63) is 59.7 Å². The Bertz CT molecular complexity index is 928. The molecule has 166 valence electrons. The van der Waals surface area contributed by atoms with Crippen LogP contribution in [0.2, 0.25) is 0 Å². The van der Waals surface area contributed by atoms with E-state index < -0.39 is 17.6 Å². The van der Waals surface area contributed by atoms with Crippen molar-refractivity contribution in [2.24, 2.45) is 0 Å². The highest BCUT2D eigenvalue weighted by atomic mass is 32.2. The zero-order valence-electron chi connectivity index (χ0n) is 17.1. The number of alkyl halides is 3. The fourth-order valence-electron chi connectivity index (χ4n) is 3.33. The van der Waals surface area contributed by atoms with Gasteiger partial charge in [0.05, 0.1) is 23.5 Å². The topological polar surface area (TPSA) is 52.7 Å². The van der Waals surface area contributed by atoms with Crippen LogP contribution in [-0.4, -0.2) is 60.1 Å². The second-order valence-corrected chi connectivity index (χ2v) is 8.40. The number of hydrogen-bond donors (Lipinski definition) is 1. The Hall–Kier alpha value is -2.52. The number of rotatable bonds is 6. The van der Waals surface area contributed by atoms with E-state index >= 15 is 0 Å². The molecule has 3 rings (SSSR count). The van der Waals surface area contributed by atoms with Gasteiger partial charge in [0.15, 0.2) is 0 Å². The van der Waals surface area contributed by atoms with Crippen molar-refractivity contribution in [1.82, 2.24) is 9.80 Å². The Morgan fingerprint density at radius 3 is 2.42 bits per heavy atom. The number of thioether (sulfide) groups is 1. The summed E-state index contributed by atoms with van der Waals surface area (Å²) in [7, 11) is 0. The zero-order valence-corrected chi connectivity index (χ0v) is 17.9. The number of benzene rings is 2. The number of amides is 2. The summed E-state index contributed by atoms with van der Waals surface area (Å²) in [5.41, 5.74) is 0.0223. The Morgan fingerprint density at radius 2 is 1.74 bits per heavy atom. The van der Waals surface area contributed by atoms with E-state index in [0.29, 0.717) is 31.9 Å². The number of aryl methyl sites for hydroxylation is 1. The molecule has 1 aliphatic heterocycles. The lowest BCUT2D eigenvalue weighted by molar-refractivity contribution is -0.137. The number of nitrogens with one attached hydrogen (secondary N) is 1. The van der Waals surface area contributed by atoms with Gasteiger partial charge in [0.2, 0.25) is 11.8 Å². The molecular formula is C22H24F3N3O2S. The van der Waals surface area contributed by atoms with Gasteiger partial charge < -0.3 is 10.2 Å². The molecule has 1 saturated heterocycles. The Labute approximate surface area is 183 Å². The van der Waals surface area contributed by atoms with Crippen LogP contribution in [0.5, 0.6) is 0 Å². The minimum atomic E-state index is -4.54. The summed E-state index contributed by atoms with van der Waals surface area (Å²) >= 11 is 1.49. The molecule has 1 fully saturated rings. The second-order valence-electron chi connectivity index (χ2n) is 7.35. The minimum absolute atomic E-state index is 0.0216. The molecule has 0 atom stereocenters. The van der Waals surface area contributed by atoms with Crippen LogP contribution in [-0.2, 0) is 15.8 Å². The molecule has 0 radical (unpaired) electrons. The van der Waals surface area contributed by atoms with E-state index in [-0.39, 0.29) is 18.1 Å². The molecule has 0 aromatic heterocycles. The SMILES string of the molecule is Cc1cccc(SCC(=O)N2CCN(CC(=O)Nc3ccccc3C(F)(F)F)CC2)c1. The van der Waals surface area contributed by atoms with E-state index in [2.05, 4.69) is 5.32 Å². The third-order valence-corrected chi connectivity index (χ3v) is 5.93. The van der Waals surface area contributed by atoms with E-state index in [4.69, 9.17) is 0 Å². The minimum Gasteiger partial charge on any atom is -0.339 e. The maximum atomic E-state index is 13.1. The summed E-state index contributed by atoms with van der Waals surface area (Å²) < 4.78 is 39.2. The standard InChI is InChI=1S/C22H24F3N3O2S/c1-16-5-4-6-17(13-16)31-15-21(30)28-11-9-27(10-12-28)14-20(29)26-19-8-3-2-7-18(19)22(23,24)25/h2-8,13H,9-12,14-15H2,1H3,(H,26,29). The van der Waals surface area contributed by atoms with Crippen LogP contribution in [0.1, 0.15) is 11.1 Å². The number of carbonyl (C=O) groups excluding carboxylic acids is 2. The lowest BCUT2D eigenvalue weighted by Crippen LogP contribution is -2.50. The van der Waals surface area contributed by atoms with Crippen LogP contribution in [0.4, 0.5) is 18.9 Å². The van der Waals surface area contributed by atoms with Crippen LogP contribution in [0.15, 0.2) is 53.4 Å². The molecule has 0 aliphatic carbocycles. The highest BCUT2D eigenvalue weighted by Crippen LogP contribution is 2.34. The normalized spacial score (nSPS) is 15.0. The third kappa shape index (κ3) is 6.73. The van der Waals surface area contributed by atoms with Gasteiger partial charge in [0.1, 0.15) is 0 Å². The van der Waals surface area contributed by atoms with Crippen molar-refractivity contribution in [2.45, 2.75) is 18.0 Å². The van der Waals surface area contributed by atoms with Gasteiger partial charge in [-0.1, -0.05) is 29.8 Å². The molecule has 0 unspecified atom stereocenters. The average molecular weight is 452 g/mol. The average Bonchev–Trinajstić information content (AvgIpc) is 2.72. The third-order valence-electron chi connectivity index (χ3n) is 4.95. The largest absolute Gasteiger partial charge is 0.418 e. The molecule has 1 heterocycles. The van der Waals surface area contributed by atoms with Crippen LogP contribution < -0.4 is 5.32 Å². The lowest BCUT2D eigenvalue weighted by Gasteiger charge is -2.34. The number of nitrogens with zero attached hydrogens (tertiary/aromatic N) is 2. The quantitative estimate of drug-likeness (QED) is 0.678. The summed E-state index contributed by atoms with van der Waals surface area (Å²) in [6.07, 6.45) is -4.54. The molecule has 2 aromatic carbocycles. The van der Waals surface area contributed by atoms with Gasteiger partial charge in [-0.2, -0.15) is 13.2 Å². The fraction of sp³-hybridized carbons (Fsp3) is 0.364. The number of carbonyl (C=O) groups is 2. The molecule has 5 nitrogen and oxygen atoms in total.